The lowest BCUT2D eigenvalue weighted by Crippen LogP contribution is -2.16. The van der Waals surface area contributed by atoms with Gasteiger partial charge in [0.15, 0.2) is 0 Å². The predicted octanol–water partition coefficient (Wildman–Crippen LogP) is 2.06. The highest BCUT2D eigenvalue weighted by molar-refractivity contribution is 5.22. The van der Waals surface area contributed by atoms with Gasteiger partial charge in [0, 0.05) is 13.1 Å². The fraction of sp³-hybridized carbons (Fsp3) is 0.684. The second-order valence-electron chi connectivity index (χ2n) is 5.55. The van der Waals surface area contributed by atoms with Crippen LogP contribution in [0, 0.1) is 5.92 Å². The minimum Gasteiger partial charge on any atom is -0.330 e. The van der Waals surface area contributed by atoms with E-state index < -0.39 is 0 Å². The van der Waals surface area contributed by atoms with Crippen molar-refractivity contribution >= 4 is 0 Å². The van der Waals surface area contributed by atoms with Crippen molar-refractivity contribution in [2.75, 3.05) is 19.6 Å². The van der Waals surface area contributed by atoms with Gasteiger partial charge in [-0.15, -0.1) is 0 Å². The van der Waals surface area contributed by atoms with Gasteiger partial charge in [0.2, 0.25) is 0 Å². The molecule has 24 heavy (non-hydrogen) atoms. The molecule has 10 N–H and O–H groups in total. The third-order valence-corrected chi connectivity index (χ3v) is 3.68. The van der Waals surface area contributed by atoms with Crippen LogP contribution < -0.4 is 28.7 Å². The third kappa shape index (κ3) is 14.6. The lowest BCUT2D eigenvalue weighted by Gasteiger charge is -2.13. The van der Waals surface area contributed by atoms with E-state index in [0.29, 0.717) is 19.0 Å². The van der Waals surface area contributed by atoms with Gasteiger partial charge < -0.3 is 28.7 Å². The third-order valence-electron chi connectivity index (χ3n) is 3.68. The number of rotatable bonds is 10. The topological polar surface area (TPSA) is 130 Å². The van der Waals surface area contributed by atoms with Crippen LogP contribution in [0.4, 0.5) is 0 Å². The number of nitrogens with two attached hydrogens (primary N) is 5. The standard InChI is InChI=1S/C9H23N3.C8H12N2.C2H6/c10-6-2-1-4-9(8-12)5-3-7-11;9-5-7-2-1-3-8(4-7)6-10;1-2/h9H,1-8,10-12H2;1-4H,5-6,9-10H2;1-2H3. The van der Waals surface area contributed by atoms with Gasteiger partial charge in [-0.3, -0.25) is 0 Å². The largest absolute Gasteiger partial charge is 0.330 e. The summed E-state index contributed by atoms with van der Waals surface area (Å²) in [6, 6.07) is 8.00. The first-order chi connectivity index (χ1) is 11.7. The first-order valence-corrected chi connectivity index (χ1v) is 9.29. The Labute approximate surface area is 149 Å². The van der Waals surface area contributed by atoms with E-state index in [1.165, 1.54) is 19.3 Å². The minimum absolute atomic E-state index is 0.591. The molecule has 1 aromatic carbocycles. The molecule has 0 amide bonds. The van der Waals surface area contributed by atoms with E-state index in [1.54, 1.807) is 0 Å². The van der Waals surface area contributed by atoms with E-state index in [1.807, 2.05) is 38.1 Å². The summed E-state index contributed by atoms with van der Waals surface area (Å²) in [5.74, 6) is 0.667. The van der Waals surface area contributed by atoms with Gasteiger partial charge in [-0.05, 0) is 62.4 Å². The summed E-state index contributed by atoms with van der Waals surface area (Å²) >= 11 is 0. The Morgan fingerprint density at radius 2 is 1.25 bits per heavy atom. The van der Waals surface area contributed by atoms with Crippen molar-refractivity contribution in [3.8, 4) is 0 Å². The van der Waals surface area contributed by atoms with Crippen molar-refractivity contribution in [3.05, 3.63) is 35.4 Å². The fourth-order valence-electron chi connectivity index (χ4n) is 2.25. The molecular formula is C19H41N5. The lowest BCUT2D eigenvalue weighted by molar-refractivity contribution is 0.431. The predicted molar refractivity (Wildman–Crippen MR) is 107 cm³/mol. The summed E-state index contributed by atoms with van der Waals surface area (Å²) in [5.41, 5.74) is 29.6. The molecule has 5 heteroatoms. The molecule has 0 radical (unpaired) electrons. The number of hydrogen-bond acceptors (Lipinski definition) is 5. The first kappa shape index (κ1) is 25.3. The lowest BCUT2D eigenvalue weighted by atomic mass is 9.97. The smallest absolute Gasteiger partial charge is 0.0178 e. The zero-order chi connectivity index (χ0) is 18.6. The highest BCUT2D eigenvalue weighted by Crippen LogP contribution is 2.12. The monoisotopic (exact) mass is 339 g/mol. The molecule has 0 saturated heterocycles. The van der Waals surface area contributed by atoms with E-state index in [2.05, 4.69) is 0 Å². The molecule has 0 aromatic heterocycles. The van der Waals surface area contributed by atoms with Crippen molar-refractivity contribution in [2.24, 2.45) is 34.6 Å². The molecule has 1 atom stereocenters. The Balaban J connectivity index is 0. The Morgan fingerprint density at radius 1 is 0.750 bits per heavy atom. The average molecular weight is 340 g/mol. The number of benzene rings is 1. The summed E-state index contributed by atoms with van der Waals surface area (Å²) in [7, 11) is 0. The second-order valence-corrected chi connectivity index (χ2v) is 5.55. The van der Waals surface area contributed by atoms with Crippen molar-refractivity contribution in [1.29, 1.82) is 0 Å². The maximum absolute atomic E-state index is 5.62. The first-order valence-electron chi connectivity index (χ1n) is 9.29. The quantitative estimate of drug-likeness (QED) is 0.416. The van der Waals surface area contributed by atoms with Gasteiger partial charge >= 0.3 is 0 Å². The minimum atomic E-state index is 0.591. The van der Waals surface area contributed by atoms with Crippen LogP contribution in [0.2, 0.25) is 0 Å². The van der Waals surface area contributed by atoms with E-state index in [-0.39, 0.29) is 0 Å². The normalized spacial score (nSPS) is 11.0. The molecule has 0 heterocycles. The SMILES string of the molecule is CC.NCCCCC(CN)CCCN.NCc1cccc(CN)c1. The van der Waals surface area contributed by atoms with Crippen LogP contribution >= 0.6 is 0 Å². The fourth-order valence-corrected chi connectivity index (χ4v) is 2.25. The average Bonchev–Trinajstić information content (AvgIpc) is 2.66. The molecule has 5 nitrogen and oxygen atoms in total. The van der Waals surface area contributed by atoms with Crippen molar-refractivity contribution in [2.45, 2.75) is 59.0 Å². The van der Waals surface area contributed by atoms with Crippen LogP contribution in [0.3, 0.4) is 0 Å². The summed E-state index contributed by atoms with van der Waals surface area (Å²) in [4.78, 5) is 0. The Bertz CT molecular complexity index is 338. The Kier molecular flexibility index (Phi) is 21.1. The van der Waals surface area contributed by atoms with Crippen LogP contribution in [0.15, 0.2) is 24.3 Å². The summed E-state index contributed by atoms with van der Waals surface area (Å²) in [6.07, 6.45) is 5.83. The van der Waals surface area contributed by atoms with Crippen LogP contribution in [0.25, 0.3) is 0 Å². The maximum atomic E-state index is 5.62. The Hall–Kier alpha value is -0.980. The molecule has 0 spiro atoms. The van der Waals surface area contributed by atoms with Gasteiger partial charge in [0.25, 0.3) is 0 Å². The second kappa shape index (κ2) is 20.1. The molecular weight excluding hydrogens is 298 g/mol. The molecule has 1 unspecified atom stereocenters. The van der Waals surface area contributed by atoms with Crippen molar-refractivity contribution in [1.82, 2.24) is 0 Å². The van der Waals surface area contributed by atoms with Crippen LogP contribution in [-0.2, 0) is 13.1 Å². The summed E-state index contributed by atoms with van der Waals surface area (Å²) in [5, 5.41) is 0. The zero-order valence-electron chi connectivity index (χ0n) is 15.8. The highest BCUT2D eigenvalue weighted by Gasteiger charge is 2.04. The van der Waals surface area contributed by atoms with Gasteiger partial charge in [-0.1, -0.05) is 44.5 Å². The van der Waals surface area contributed by atoms with Crippen molar-refractivity contribution in [3.63, 3.8) is 0 Å². The molecule has 1 rings (SSSR count). The molecule has 0 aliphatic heterocycles. The molecule has 0 fully saturated rings. The van der Waals surface area contributed by atoms with Crippen LogP contribution in [0.5, 0.6) is 0 Å². The van der Waals surface area contributed by atoms with Gasteiger partial charge in [0.1, 0.15) is 0 Å². The molecule has 0 aliphatic rings. The zero-order valence-corrected chi connectivity index (χ0v) is 15.8. The molecule has 0 saturated carbocycles. The van der Waals surface area contributed by atoms with Gasteiger partial charge in [-0.25, -0.2) is 0 Å². The number of unbranched alkanes of at least 4 members (excludes halogenated alkanes) is 1. The van der Waals surface area contributed by atoms with Crippen molar-refractivity contribution < 1.29 is 0 Å². The van der Waals surface area contributed by atoms with E-state index >= 15 is 0 Å². The summed E-state index contributed by atoms with van der Waals surface area (Å²) in [6.45, 7) is 7.56. The molecule has 1 aromatic rings. The molecule has 142 valence electrons. The molecule has 0 aliphatic carbocycles. The van der Waals surface area contributed by atoms with E-state index in [9.17, 15) is 0 Å². The molecule has 0 bridgehead atoms. The Morgan fingerprint density at radius 3 is 1.67 bits per heavy atom. The number of hydrogen-bond donors (Lipinski definition) is 5. The van der Waals surface area contributed by atoms with E-state index in [0.717, 1.165) is 43.6 Å². The maximum Gasteiger partial charge on any atom is 0.0178 e. The van der Waals surface area contributed by atoms with Gasteiger partial charge in [0.05, 0.1) is 0 Å². The van der Waals surface area contributed by atoms with Gasteiger partial charge in [-0.2, -0.15) is 0 Å². The van der Waals surface area contributed by atoms with Crippen LogP contribution in [-0.4, -0.2) is 19.6 Å². The highest BCUT2D eigenvalue weighted by atomic mass is 14.6. The van der Waals surface area contributed by atoms with E-state index in [4.69, 9.17) is 28.7 Å². The summed E-state index contributed by atoms with van der Waals surface area (Å²) < 4.78 is 0. The van der Waals surface area contributed by atoms with Crippen LogP contribution in [0.1, 0.15) is 57.1 Å².